The van der Waals surface area contributed by atoms with E-state index in [0.29, 0.717) is 6.42 Å². The van der Waals surface area contributed by atoms with Gasteiger partial charge < -0.3 is 4.74 Å². The molecule has 0 bridgehead atoms. The van der Waals surface area contributed by atoms with Crippen molar-refractivity contribution in [3.05, 3.63) is 22.1 Å². The minimum atomic E-state index is -0.515. The summed E-state index contributed by atoms with van der Waals surface area (Å²) < 4.78 is 4.72. The van der Waals surface area contributed by atoms with Crippen LogP contribution >= 0.6 is 22.6 Å². The molecule has 0 aromatic heterocycles. The molecule has 1 aliphatic rings. The van der Waals surface area contributed by atoms with E-state index in [1.165, 1.54) is 6.08 Å². The maximum atomic E-state index is 9.96. The molecule has 0 spiro atoms. The van der Waals surface area contributed by atoms with Crippen LogP contribution in [0.15, 0.2) is 12.0 Å². The van der Waals surface area contributed by atoms with Crippen LogP contribution in [0.4, 0.5) is 0 Å². The average Bonchev–Trinajstić information content (AvgIpc) is 2.14. The second-order valence-corrected chi connectivity index (χ2v) is 2.95. The van der Waals surface area contributed by atoms with Crippen molar-refractivity contribution in [2.24, 2.45) is 0 Å². The van der Waals surface area contributed by atoms with Gasteiger partial charge in [-0.2, -0.15) is 0 Å². The summed E-state index contributed by atoms with van der Waals surface area (Å²) in [4.78, 5) is 9.44. The molecule has 0 aliphatic carbocycles. The van der Waals surface area contributed by atoms with Gasteiger partial charge in [0.1, 0.15) is 4.92 Å². The average molecular weight is 241 g/mol. The summed E-state index contributed by atoms with van der Waals surface area (Å²) in [5.74, 6) is -0.116. The highest BCUT2D eigenvalue weighted by atomic mass is 127. The van der Waals surface area contributed by atoms with E-state index in [4.69, 9.17) is 4.74 Å². The van der Waals surface area contributed by atoms with Gasteiger partial charge in [0.15, 0.2) is 4.11 Å². The van der Waals surface area contributed by atoms with E-state index in [1.54, 1.807) is 0 Å². The highest BCUT2D eigenvalue weighted by Gasteiger charge is 2.23. The van der Waals surface area contributed by atoms with Crippen molar-refractivity contribution in [2.75, 3.05) is 0 Å². The molecule has 1 rings (SSSR count). The van der Waals surface area contributed by atoms with Crippen LogP contribution in [-0.2, 0) is 4.74 Å². The Hall–Kier alpha value is -0.330. The highest BCUT2D eigenvalue weighted by molar-refractivity contribution is 14.1. The standard InChI is InChI=1S/C4H4INO3/c5-3-1-2-4(9-3)6(7)8/h2-3H,1H2. The van der Waals surface area contributed by atoms with E-state index in [0.717, 1.165) is 0 Å². The second-order valence-electron chi connectivity index (χ2n) is 1.56. The van der Waals surface area contributed by atoms with Crippen LogP contribution in [0.1, 0.15) is 6.42 Å². The summed E-state index contributed by atoms with van der Waals surface area (Å²) in [5.41, 5.74) is 0. The van der Waals surface area contributed by atoms with Crippen LogP contribution in [0.25, 0.3) is 0 Å². The smallest absolute Gasteiger partial charge is 0.425 e. The first-order chi connectivity index (χ1) is 4.20. The number of halogens is 1. The highest BCUT2D eigenvalue weighted by Crippen LogP contribution is 2.21. The topological polar surface area (TPSA) is 52.4 Å². The molecule has 0 saturated heterocycles. The molecular formula is C4H4INO3. The number of hydrogen-bond donors (Lipinski definition) is 0. The summed E-state index contributed by atoms with van der Waals surface area (Å²) in [6.45, 7) is 0. The second kappa shape index (κ2) is 2.51. The Morgan fingerprint density at radius 1 is 2.00 bits per heavy atom. The fourth-order valence-electron chi connectivity index (χ4n) is 0.538. The minimum absolute atomic E-state index is 0.0528. The molecule has 0 amide bonds. The Kier molecular flexibility index (Phi) is 1.89. The summed E-state index contributed by atoms with van der Waals surface area (Å²) in [7, 11) is 0. The first kappa shape index (κ1) is 6.79. The quantitative estimate of drug-likeness (QED) is 0.301. The van der Waals surface area contributed by atoms with Crippen molar-refractivity contribution in [1.82, 2.24) is 0 Å². The van der Waals surface area contributed by atoms with Gasteiger partial charge >= 0.3 is 5.88 Å². The number of nitro groups is 1. The first-order valence-corrected chi connectivity index (χ1v) is 3.60. The number of rotatable bonds is 1. The Labute approximate surface area is 65.2 Å². The zero-order chi connectivity index (χ0) is 6.85. The van der Waals surface area contributed by atoms with Gasteiger partial charge in [0.2, 0.25) is 0 Å². The van der Waals surface area contributed by atoms with Crippen LogP contribution < -0.4 is 0 Å². The molecule has 1 heterocycles. The van der Waals surface area contributed by atoms with Crippen LogP contribution in [0, 0.1) is 10.1 Å². The van der Waals surface area contributed by atoms with E-state index in [-0.39, 0.29) is 9.99 Å². The number of nitrogens with zero attached hydrogens (tertiary/aromatic N) is 1. The molecule has 0 radical (unpaired) electrons. The number of ether oxygens (including phenoxy) is 1. The monoisotopic (exact) mass is 241 g/mol. The van der Waals surface area contributed by atoms with Crippen molar-refractivity contribution in [1.29, 1.82) is 0 Å². The predicted octanol–water partition coefficient (Wildman–Crippen LogP) is 1.29. The lowest BCUT2D eigenvalue weighted by molar-refractivity contribution is -0.461. The van der Waals surface area contributed by atoms with Gasteiger partial charge in [0.05, 0.1) is 0 Å². The van der Waals surface area contributed by atoms with Gasteiger partial charge in [-0.25, -0.2) is 0 Å². The molecule has 0 saturated carbocycles. The SMILES string of the molecule is O=[N+]([O-])C1=CCC(I)O1. The number of hydrogen-bond acceptors (Lipinski definition) is 3. The van der Waals surface area contributed by atoms with Crippen molar-refractivity contribution in [2.45, 2.75) is 10.5 Å². The van der Waals surface area contributed by atoms with E-state index >= 15 is 0 Å². The predicted molar refractivity (Wildman–Crippen MR) is 38.6 cm³/mol. The summed E-state index contributed by atoms with van der Waals surface area (Å²) in [6, 6.07) is 0. The molecule has 0 N–H and O–H groups in total. The molecule has 1 unspecified atom stereocenters. The number of alkyl halides is 1. The van der Waals surface area contributed by atoms with E-state index in [2.05, 4.69) is 0 Å². The van der Waals surface area contributed by atoms with Crippen molar-refractivity contribution >= 4 is 22.6 Å². The van der Waals surface area contributed by atoms with Crippen molar-refractivity contribution in [3.63, 3.8) is 0 Å². The molecule has 0 fully saturated rings. The van der Waals surface area contributed by atoms with Crippen molar-refractivity contribution < 1.29 is 9.66 Å². The molecular weight excluding hydrogens is 237 g/mol. The molecule has 1 aliphatic heterocycles. The van der Waals surface area contributed by atoms with Gasteiger partial charge in [-0.15, -0.1) is 0 Å². The summed E-state index contributed by atoms with van der Waals surface area (Å²) in [5, 5.41) is 9.96. The van der Waals surface area contributed by atoms with E-state index in [1.807, 2.05) is 22.6 Å². The molecule has 0 aromatic rings. The minimum Gasteiger partial charge on any atom is -0.426 e. The lowest BCUT2D eigenvalue weighted by Crippen LogP contribution is -2.01. The fraction of sp³-hybridized carbons (Fsp3) is 0.500. The Balaban J connectivity index is 2.55. The first-order valence-electron chi connectivity index (χ1n) is 2.35. The largest absolute Gasteiger partial charge is 0.426 e. The zero-order valence-electron chi connectivity index (χ0n) is 4.41. The molecule has 0 aromatic carbocycles. The fourth-order valence-corrected chi connectivity index (χ4v) is 1.05. The normalized spacial score (nSPS) is 25.0. The van der Waals surface area contributed by atoms with Gasteiger partial charge in [0, 0.05) is 12.5 Å². The van der Waals surface area contributed by atoms with Crippen LogP contribution in [0.5, 0.6) is 0 Å². The van der Waals surface area contributed by atoms with Gasteiger partial charge in [-0.3, -0.25) is 10.1 Å². The van der Waals surface area contributed by atoms with Gasteiger partial charge in [-0.05, 0) is 22.6 Å². The van der Waals surface area contributed by atoms with Crippen LogP contribution in [0.3, 0.4) is 0 Å². The van der Waals surface area contributed by atoms with Crippen LogP contribution in [-0.4, -0.2) is 9.03 Å². The van der Waals surface area contributed by atoms with Crippen molar-refractivity contribution in [3.8, 4) is 0 Å². The summed E-state index contributed by atoms with van der Waals surface area (Å²) >= 11 is 2.00. The van der Waals surface area contributed by atoms with Gasteiger partial charge in [-0.1, -0.05) is 0 Å². The molecule has 50 valence electrons. The third-order valence-corrected chi connectivity index (χ3v) is 1.67. The molecule has 9 heavy (non-hydrogen) atoms. The lowest BCUT2D eigenvalue weighted by atomic mass is 10.5. The van der Waals surface area contributed by atoms with Gasteiger partial charge in [0.25, 0.3) is 0 Å². The molecule has 4 nitrogen and oxygen atoms in total. The van der Waals surface area contributed by atoms with E-state index in [9.17, 15) is 10.1 Å². The third kappa shape index (κ3) is 1.54. The maximum absolute atomic E-state index is 9.96. The maximum Gasteiger partial charge on any atom is 0.425 e. The Morgan fingerprint density at radius 2 is 2.67 bits per heavy atom. The Morgan fingerprint density at radius 3 is 2.89 bits per heavy atom. The van der Waals surface area contributed by atoms with Crippen LogP contribution in [0.2, 0.25) is 0 Å². The summed E-state index contributed by atoms with van der Waals surface area (Å²) in [6.07, 6.45) is 2.12. The third-order valence-electron chi connectivity index (χ3n) is 0.906. The molecule has 5 heteroatoms. The molecule has 1 atom stereocenters. The zero-order valence-corrected chi connectivity index (χ0v) is 6.57. The Bertz CT molecular complexity index is 167. The van der Waals surface area contributed by atoms with E-state index < -0.39 is 4.92 Å². The lowest BCUT2D eigenvalue weighted by Gasteiger charge is -1.97.